The Hall–Kier alpha value is -2.98. The van der Waals surface area contributed by atoms with Gasteiger partial charge in [0.05, 0.1) is 23.6 Å². The number of halogens is 2. The number of hydrogen-bond donors (Lipinski definition) is 1. The number of rotatable bonds is 5. The van der Waals surface area contributed by atoms with E-state index in [2.05, 4.69) is 10.2 Å². The maximum absolute atomic E-state index is 14.0. The van der Waals surface area contributed by atoms with Gasteiger partial charge in [-0.2, -0.15) is 0 Å². The minimum atomic E-state index is -0.906. The lowest BCUT2D eigenvalue weighted by Gasteiger charge is -2.38. The van der Waals surface area contributed by atoms with E-state index in [-0.39, 0.29) is 40.6 Å². The molecule has 2 aromatic heterocycles. The highest BCUT2D eigenvalue weighted by molar-refractivity contribution is 7.14. The number of benzene rings is 1. The molecule has 168 valence electrons. The van der Waals surface area contributed by atoms with Crippen LogP contribution in [0.25, 0.3) is 10.6 Å². The zero-order valence-electron chi connectivity index (χ0n) is 17.7. The molecule has 4 rings (SSSR count). The number of carbonyl (C=O) groups is 1. The van der Waals surface area contributed by atoms with Crippen LogP contribution in [0.4, 0.5) is 8.78 Å². The lowest BCUT2D eigenvalue weighted by atomic mass is 9.77. The Balaban J connectivity index is 1.72. The number of ketones is 1. The summed E-state index contributed by atoms with van der Waals surface area (Å²) in [6.45, 7) is 5.97. The SMILES string of the molecule is CCO[C@H]1Cn2cc(-c3nnc(Cc4ccc(F)cc4F)s3)c(=O)c(O)c2C(=O)C1(C)C. The van der Waals surface area contributed by atoms with Gasteiger partial charge in [-0.1, -0.05) is 17.4 Å². The van der Waals surface area contributed by atoms with Gasteiger partial charge in [-0.25, -0.2) is 8.78 Å². The van der Waals surface area contributed by atoms with Crippen molar-refractivity contribution >= 4 is 17.1 Å². The molecule has 1 aliphatic rings. The Morgan fingerprint density at radius 3 is 2.72 bits per heavy atom. The van der Waals surface area contributed by atoms with E-state index in [1.165, 1.54) is 16.8 Å². The highest BCUT2D eigenvalue weighted by atomic mass is 32.1. The zero-order chi connectivity index (χ0) is 23.2. The lowest BCUT2D eigenvalue weighted by molar-refractivity contribution is -0.0277. The molecule has 32 heavy (non-hydrogen) atoms. The second kappa shape index (κ2) is 8.18. The standard InChI is InChI=1S/C22H21F2N3O4S/c1-4-31-15-10-27-9-13(18(28)19(29)17(27)20(30)22(15,2)3)21-26-25-16(32-21)7-11-5-6-12(23)8-14(11)24/h5-6,8-9,15,29H,4,7,10H2,1-3H3/t15-/m0/s1. The van der Waals surface area contributed by atoms with Gasteiger partial charge in [0.25, 0.3) is 0 Å². The topological polar surface area (TPSA) is 94.3 Å². The number of aromatic nitrogens is 3. The van der Waals surface area contributed by atoms with Crippen molar-refractivity contribution in [3.05, 3.63) is 62.5 Å². The van der Waals surface area contributed by atoms with Gasteiger partial charge in [0, 0.05) is 25.3 Å². The molecule has 7 nitrogen and oxygen atoms in total. The maximum atomic E-state index is 14.0. The highest BCUT2D eigenvalue weighted by Crippen LogP contribution is 2.37. The number of pyridine rings is 1. The van der Waals surface area contributed by atoms with Crippen LogP contribution in [0, 0.1) is 17.0 Å². The number of aromatic hydroxyl groups is 1. The van der Waals surface area contributed by atoms with Gasteiger partial charge >= 0.3 is 0 Å². The Bertz CT molecular complexity index is 1270. The average molecular weight is 461 g/mol. The predicted molar refractivity (Wildman–Crippen MR) is 114 cm³/mol. The summed E-state index contributed by atoms with van der Waals surface area (Å²) in [5, 5.41) is 19.2. The molecule has 0 unspecified atom stereocenters. The molecular weight excluding hydrogens is 440 g/mol. The van der Waals surface area contributed by atoms with Crippen LogP contribution in [0.2, 0.25) is 0 Å². The summed E-state index contributed by atoms with van der Waals surface area (Å²) >= 11 is 1.06. The molecule has 1 aromatic carbocycles. The molecule has 1 aliphatic heterocycles. The number of hydrogen-bond acceptors (Lipinski definition) is 7. The van der Waals surface area contributed by atoms with Gasteiger partial charge in [-0.05, 0) is 32.4 Å². The van der Waals surface area contributed by atoms with E-state index in [1.54, 1.807) is 13.8 Å². The molecule has 1 N–H and O–H groups in total. The van der Waals surface area contributed by atoms with E-state index in [9.17, 15) is 23.5 Å². The molecule has 0 aliphatic carbocycles. The summed E-state index contributed by atoms with van der Waals surface area (Å²) < 4.78 is 34.3. The smallest absolute Gasteiger partial charge is 0.234 e. The first-order valence-corrected chi connectivity index (χ1v) is 10.8. The van der Waals surface area contributed by atoms with Crippen molar-refractivity contribution in [3.8, 4) is 16.3 Å². The first-order valence-electron chi connectivity index (χ1n) is 10.0. The van der Waals surface area contributed by atoms with Crippen LogP contribution in [0.15, 0.2) is 29.2 Å². The Morgan fingerprint density at radius 2 is 2.03 bits per heavy atom. The van der Waals surface area contributed by atoms with E-state index in [0.717, 1.165) is 23.5 Å². The number of ether oxygens (including phenoxy) is 1. The van der Waals surface area contributed by atoms with Crippen molar-refractivity contribution in [1.82, 2.24) is 14.8 Å². The Labute approximate surface area is 186 Å². The van der Waals surface area contributed by atoms with E-state index in [0.29, 0.717) is 11.6 Å². The lowest BCUT2D eigenvalue weighted by Crippen LogP contribution is -2.48. The van der Waals surface area contributed by atoms with E-state index >= 15 is 0 Å². The van der Waals surface area contributed by atoms with Crippen LogP contribution < -0.4 is 5.43 Å². The van der Waals surface area contributed by atoms with Gasteiger partial charge in [0.2, 0.25) is 5.43 Å². The summed E-state index contributed by atoms with van der Waals surface area (Å²) in [5.74, 6) is -2.40. The van der Waals surface area contributed by atoms with Crippen LogP contribution in [0.3, 0.4) is 0 Å². The fourth-order valence-corrected chi connectivity index (χ4v) is 4.64. The van der Waals surface area contributed by atoms with Gasteiger partial charge < -0.3 is 14.4 Å². The van der Waals surface area contributed by atoms with Crippen LogP contribution in [-0.2, 0) is 17.7 Å². The monoisotopic (exact) mass is 461 g/mol. The molecular formula is C22H21F2N3O4S. The van der Waals surface area contributed by atoms with Crippen molar-refractivity contribution in [2.24, 2.45) is 5.41 Å². The third kappa shape index (κ3) is 3.73. The zero-order valence-corrected chi connectivity index (χ0v) is 18.5. The predicted octanol–water partition coefficient (Wildman–Crippen LogP) is 3.57. The number of fused-ring (bicyclic) bond motifs is 1. The normalized spacial score (nSPS) is 17.4. The van der Waals surface area contributed by atoms with Gasteiger partial charge in [-0.15, -0.1) is 10.2 Å². The quantitative estimate of drug-likeness (QED) is 0.624. The summed E-state index contributed by atoms with van der Waals surface area (Å²) in [6.07, 6.45) is 1.11. The molecule has 0 bridgehead atoms. The second-order valence-corrected chi connectivity index (χ2v) is 9.19. The molecule has 0 radical (unpaired) electrons. The van der Waals surface area contributed by atoms with Gasteiger partial charge in [0.15, 0.2) is 16.5 Å². The number of nitrogens with zero attached hydrogens (tertiary/aromatic N) is 3. The van der Waals surface area contributed by atoms with Crippen LogP contribution in [0.1, 0.15) is 41.8 Å². The number of carbonyl (C=O) groups excluding carboxylic acids is 1. The minimum Gasteiger partial charge on any atom is -0.503 e. The Kier molecular flexibility index (Phi) is 5.68. The van der Waals surface area contributed by atoms with Gasteiger partial charge in [0.1, 0.15) is 22.3 Å². The van der Waals surface area contributed by atoms with E-state index < -0.39 is 34.3 Å². The van der Waals surface area contributed by atoms with Crippen LogP contribution in [-0.4, -0.2) is 38.4 Å². The molecule has 0 amide bonds. The summed E-state index contributed by atoms with van der Waals surface area (Å²) in [4.78, 5) is 25.9. The van der Waals surface area contributed by atoms with E-state index in [1.807, 2.05) is 6.92 Å². The maximum Gasteiger partial charge on any atom is 0.234 e. The molecule has 0 saturated carbocycles. The van der Waals surface area contributed by atoms with Crippen molar-refractivity contribution in [2.75, 3.05) is 6.61 Å². The summed E-state index contributed by atoms with van der Waals surface area (Å²) in [6, 6.07) is 3.27. The first-order chi connectivity index (χ1) is 15.1. The Morgan fingerprint density at radius 1 is 1.28 bits per heavy atom. The largest absolute Gasteiger partial charge is 0.503 e. The third-order valence-electron chi connectivity index (χ3n) is 5.65. The third-order valence-corrected chi connectivity index (χ3v) is 6.60. The molecule has 3 aromatic rings. The minimum absolute atomic E-state index is 0.0576. The molecule has 10 heteroatoms. The molecule has 0 fully saturated rings. The molecule has 0 spiro atoms. The highest BCUT2D eigenvalue weighted by Gasteiger charge is 2.45. The van der Waals surface area contributed by atoms with E-state index in [4.69, 9.17) is 4.74 Å². The van der Waals surface area contributed by atoms with Crippen molar-refractivity contribution < 1.29 is 23.4 Å². The summed E-state index contributed by atoms with van der Waals surface area (Å²) in [5.41, 5.74) is -1.37. The molecule has 1 atom stereocenters. The van der Waals surface area contributed by atoms with Crippen LogP contribution >= 0.6 is 11.3 Å². The van der Waals surface area contributed by atoms with Crippen molar-refractivity contribution in [3.63, 3.8) is 0 Å². The molecule has 3 heterocycles. The van der Waals surface area contributed by atoms with Gasteiger partial charge in [-0.3, -0.25) is 9.59 Å². The number of Topliss-reactive ketones (excluding diaryl/α,β-unsaturated/α-hetero) is 1. The average Bonchev–Trinajstić information content (AvgIpc) is 3.19. The van der Waals surface area contributed by atoms with Crippen molar-refractivity contribution in [2.45, 2.75) is 39.8 Å². The fourth-order valence-electron chi connectivity index (χ4n) is 3.77. The molecule has 0 saturated heterocycles. The van der Waals surface area contributed by atoms with Crippen LogP contribution in [0.5, 0.6) is 5.75 Å². The fraction of sp³-hybridized carbons (Fsp3) is 0.364. The second-order valence-electron chi connectivity index (χ2n) is 8.13. The summed E-state index contributed by atoms with van der Waals surface area (Å²) in [7, 11) is 0. The first kappa shape index (κ1) is 22.2. The van der Waals surface area contributed by atoms with Crippen molar-refractivity contribution in [1.29, 1.82) is 0 Å².